The van der Waals surface area contributed by atoms with E-state index < -0.39 is 0 Å². The predicted molar refractivity (Wildman–Crippen MR) is 64.5 cm³/mol. The summed E-state index contributed by atoms with van der Waals surface area (Å²) < 4.78 is 0. The maximum Gasteiger partial charge on any atom is 0.0440 e. The van der Waals surface area contributed by atoms with Crippen LogP contribution in [0, 0.1) is 5.41 Å². The third-order valence-corrected chi connectivity index (χ3v) is 4.91. The number of hydrogen-bond donors (Lipinski definition) is 0. The van der Waals surface area contributed by atoms with Gasteiger partial charge in [-0.15, -0.1) is 0 Å². The maximum absolute atomic E-state index is 6.28. The van der Waals surface area contributed by atoms with Crippen molar-refractivity contribution in [2.24, 2.45) is 5.41 Å². The van der Waals surface area contributed by atoms with Gasteiger partial charge in [0, 0.05) is 5.02 Å². The van der Waals surface area contributed by atoms with Gasteiger partial charge in [0.2, 0.25) is 0 Å². The average Bonchev–Trinajstić information content (AvgIpc) is 2.60. The van der Waals surface area contributed by atoms with Crippen molar-refractivity contribution in [1.82, 2.24) is 0 Å². The van der Waals surface area contributed by atoms with E-state index in [1.54, 1.807) is 5.56 Å². The first-order valence-electron chi connectivity index (χ1n) is 5.98. The Morgan fingerprint density at radius 1 is 1.33 bits per heavy atom. The summed E-state index contributed by atoms with van der Waals surface area (Å²) in [6.07, 6.45) is 6.68. The molecule has 1 saturated carbocycles. The molecule has 80 valence electrons. The normalized spacial score (nSPS) is 33.6. The van der Waals surface area contributed by atoms with Crippen LogP contribution in [-0.4, -0.2) is 0 Å². The zero-order chi connectivity index (χ0) is 10.5. The Balaban J connectivity index is 2.13. The van der Waals surface area contributed by atoms with Crippen LogP contribution in [0.3, 0.4) is 0 Å². The number of hydrogen-bond acceptors (Lipinski definition) is 0. The molecule has 2 aliphatic carbocycles. The fraction of sp³-hybridized carbons (Fsp3) is 0.571. The van der Waals surface area contributed by atoms with Crippen molar-refractivity contribution in [3.8, 4) is 0 Å². The van der Waals surface area contributed by atoms with E-state index in [4.69, 9.17) is 11.6 Å². The fourth-order valence-corrected chi connectivity index (χ4v) is 3.92. The topological polar surface area (TPSA) is 0 Å². The van der Waals surface area contributed by atoms with Crippen molar-refractivity contribution in [2.45, 2.75) is 44.9 Å². The van der Waals surface area contributed by atoms with Crippen molar-refractivity contribution >= 4 is 11.6 Å². The van der Waals surface area contributed by atoms with Crippen LogP contribution in [0.1, 0.15) is 49.7 Å². The molecule has 0 N–H and O–H groups in total. The van der Waals surface area contributed by atoms with E-state index >= 15 is 0 Å². The summed E-state index contributed by atoms with van der Waals surface area (Å²) in [6.45, 7) is 2.47. The van der Waals surface area contributed by atoms with Gasteiger partial charge in [-0.1, -0.05) is 37.1 Å². The molecule has 1 fully saturated rings. The molecular weight excluding hydrogens is 204 g/mol. The molecule has 0 spiro atoms. The molecule has 15 heavy (non-hydrogen) atoms. The Kier molecular flexibility index (Phi) is 2.10. The number of fused-ring (bicyclic) bond motifs is 3. The molecule has 0 bridgehead atoms. The largest absolute Gasteiger partial charge is 0.0840 e. The van der Waals surface area contributed by atoms with Crippen molar-refractivity contribution in [3.63, 3.8) is 0 Å². The van der Waals surface area contributed by atoms with E-state index in [0.29, 0.717) is 5.41 Å². The average molecular weight is 221 g/mol. The van der Waals surface area contributed by atoms with Crippen molar-refractivity contribution in [2.75, 3.05) is 0 Å². The maximum atomic E-state index is 6.28. The van der Waals surface area contributed by atoms with Crippen LogP contribution in [0.15, 0.2) is 18.2 Å². The van der Waals surface area contributed by atoms with Crippen LogP contribution < -0.4 is 0 Å². The van der Waals surface area contributed by atoms with Crippen LogP contribution in [0.5, 0.6) is 0 Å². The van der Waals surface area contributed by atoms with Gasteiger partial charge in [0.25, 0.3) is 0 Å². The molecule has 0 heterocycles. The van der Waals surface area contributed by atoms with Gasteiger partial charge in [-0.2, -0.15) is 0 Å². The van der Waals surface area contributed by atoms with Crippen LogP contribution in [0.25, 0.3) is 0 Å². The Morgan fingerprint density at radius 2 is 2.20 bits per heavy atom. The van der Waals surface area contributed by atoms with Gasteiger partial charge < -0.3 is 0 Å². The second-order valence-electron chi connectivity index (χ2n) is 5.41. The first-order chi connectivity index (χ1) is 7.21. The second-order valence-corrected chi connectivity index (χ2v) is 5.81. The standard InChI is InChI=1S/C14H17Cl/c1-14-8-3-5-12(14)10-4-2-6-13(15)11(10)7-9-14/h2,4,6,12H,3,5,7-9H2,1H3/t12-,14-/m1/s1. The zero-order valence-corrected chi connectivity index (χ0v) is 9.98. The van der Waals surface area contributed by atoms with E-state index in [0.717, 1.165) is 10.9 Å². The number of halogens is 1. The third kappa shape index (κ3) is 1.34. The molecule has 0 amide bonds. The van der Waals surface area contributed by atoms with Gasteiger partial charge >= 0.3 is 0 Å². The van der Waals surface area contributed by atoms with Gasteiger partial charge in [0.1, 0.15) is 0 Å². The van der Waals surface area contributed by atoms with E-state index in [1.165, 1.54) is 37.7 Å². The molecule has 0 nitrogen and oxygen atoms in total. The molecule has 0 aromatic heterocycles. The Labute approximate surface area is 96.6 Å². The lowest BCUT2D eigenvalue weighted by Crippen LogP contribution is -2.26. The molecule has 0 saturated heterocycles. The van der Waals surface area contributed by atoms with Crippen LogP contribution >= 0.6 is 11.6 Å². The summed E-state index contributed by atoms with van der Waals surface area (Å²) in [5.41, 5.74) is 3.55. The monoisotopic (exact) mass is 220 g/mol. The number of benzene rings is 1. The highest BCUT2D eigenvalue weighted by Crippen LogP contribution is 2.56. The summed E-state index contributed by atoms with van der Waals surface area (Å²) in [4.78, 5) is 0. The minimum Gasteiger partial charge on any atom is -0.0840 e. The van der Waals surface area contributed by atoms with Crippen molar-refractivity contribution < 1.29 is 0 Å². The first kappa shape index (κ1) is 9.72. The van der Waals surface area contributed by atoms with Crippen molar-refractivity contribution in [1.29, 1.82) is 0 Å². The molecule has 1 heteroatoms. The van der Waals surface area contributed by atoms with E-state index in [1.807, 2.05) is 6.07 Å². The highest BCUT2D eigenvalue weighted by atomic mass is 35.5. The van der Waals surface area contributed by atoms with Crippen LogP contribution in [0.4, 0.5) is 0 Å². The zero-order valence-electron chi connectivity index (χ0n) is 9.22. The van der Waals surface area contributed by atoms with Gasteiger partial charge in [-0.05, 0) is 54.2 Å². The number of rotatable bonds is 0. The molecule has 2 aliphatic rings. The van der Waals surface area contributed by atoms with Gasteiger partial charge in [0.15, 0.2) is 0 Å². The van der Waals surface area contributed by atoms with Gasteiger partial charge in [-0.3, -0.25) is 0 Å². The van der Waals surface area contributed by atoms with E-state index in [-0.39, 0.29) is 0 Å². The van der Waals surface area contributed by atoms with E-state index in [2.05, 4.69) is 19.1 Å². The SMILES string of the molecule is C[C@]12CCC[C@@H]1c1cccc(Cl)c1CC2. The smallest absolute Gasteiger partial charge is 0.0440 e. The molecule has 0 unspecified atom stereocenters. The van der Waals surface area contributed by atoms with Crippen LogP contribution in [-0.2, 0) is 6.42 Å². The predicted octanol–water partition coefficient (Wildman–Crippen LogP) is 4.56. The third-order valence-electron chi connectivity index (χ3n) is 4.56. The lowest BCUT2D eigenvalue weighted by molar-refractivity contribution is 0.252. The van der Waals surface area contributed by atoms with Crippen LogP contribution in [0.2, 0.25) is 5.02 Å². The molecule has 0 aliphatic heterocycles. The summed E-state index contributed by atoms with van der Waals surface area (Å²) in [5, 5.41) is 0.987. The quantitative estimate of drug-likeness (QED) is 0.601. The second kappa shape index (κ2) is 3.25. The molecule has 0 radical (unpaired) electrons. The molecule has 2 atom stereocenters. The van der Waals surface area contributed by atoms with E-state index in [9.17, 15) is 0 Å². The minimum absolute atomic E-state index is 0.567. The molecular formula is C14H17Cl. The Hall–Kier alpha value is -0.490. The van der Waals surface area contributed by atoms with Gasteiger partial charge in [-0.25, -0.2) is 0 Å². The molecule has 3 rings (SSSR count). The summed E-state index contributed by atoms with van der Waals surface area (Å²) in [5.74, 6) is 0.778. The van der Waals surface area contributed by atoms with Crippen molar-refractivity contribution in [3.05, 3.63) is 34.3 Å². The summed E-state index contributed by atoms with van der Waals surface area (Å²) >= 11 is 6.28. The highest BCUT2D eigenvalue weighted by molar-refractivity contribution is 6.31. The molecule has 1 aromatic carbocycles. The summed E-state index contributed by atoms with van der Waals surface area (Å²) in [6, 6.07) is 6.46. The fourth-order valence-electron chi connectivity index (χ4n) is 3.64. The summed E-state index contributed by atoms with van der Waals surface area (Å²) in [7, 11) is 0. The molecule has 1 aromatic rings. The van der Waals surface area contributed by atoms with Gasteiger partial charge in [0.05, 0.1) is 0 Å². The highest BCUT2D eigenvalue weighted by Gasteiger charge is 2.42. The first-order valence-corrected chi connectivity index (χ1v) is 6.36. The Bertz CT molecular complexity index is 396. The minimum atomic E-state index is 0.567. The lowest BCUT2D eigenvalue weighted by atomic mass is 9.67. The lowest BCUT2D eigenvalue weighted by Gasteiger charge is -2.38. The Morgan fingerprint density at radius 3 is 3.07 bits per heavy atom.